The molecule has 0 aliphatic carbocycles. The highest BCUT2D eigenvalue weighted by atomic mass is 35.5. The molecule has 0 spiro atoms. The fourth-order valence-corrected chi connectivity index (χ4v) is 2.85. The second kappa shape index (κ2) is 5.44. The van der Waals surface area contributed by atoms with Crippen LogP contribution in [0.1, 0.15) is 20.7 Å². The summed E-state index contributed by atoms with van der Waals surface area (Å²) < 4.78 is 1.42. The maximum atomic E-state index is 12.7. The van der Waals surface area contributed by atoms with Gasteiger partial charge in [0.15, 0.2) is 0 Å². The summed E-state index contributed by atoms with van der Waals surface area (Å²) in [5, 5.41) is 0.960. The van der Waals surface area contributed by atoms with Crippen molar-refractivity contribution in [3.8, 4) is 0 Å². The third-order valence-corrected chi connectivity index (χ3v) is 3.85. The van der Waals surface area contributed by atoms with Crippen LogP contribution in [0.5, 0.6) is 0 Å². The summed E-state index contributed by atoms with van der Waals surface area (Å²) in [7, 11) is 0. The summed E-state index contributed by atoms with van der Waals surface area (Å²) in [6.45, 7) is 0. The molecule has 2 N–H and O–H groups in total. The second-order valence-corrected chi connectivity index (χ2v) is 5.42. The number of halogens is 2. The SMILES string of the molecule is NC(=O)c1cc(Cl)c(C(=O)n2ccc3cnccc32)c(Cl)c1. The molecule has 22 heavy (non-hydrogen) atoms. The van der Waals surface area contributed by atoms with Gasteiger partial charge in [0.05, 0.1) is 21.1 Å². The Morgan fingerprint density at radius 1 is 1.14 bits per heavy atom. The molecule has 2 heterocycles. The lowest BCUT2D eigenvalue weighted by atomic mass is 10.1. The maximum absolute atomic E-state index is 12.7. The zero-order chi connectivity index (χ0) is 15.9. The molecule has 7 heteroatoms. The van der Waals surface area contributed by atoms with E-state index < -0.39 is 11.8 Å². The lowest BCUT2D eigenvalue weighted by Gasteiger charge is -2.09. The number of amides is 1. The van der Waals surface area contributed by atoms with Gasteiger partial charge < -0.3 is 5.73 Å². The summed E-state index contributed by atoms with van der Waals surface area (Å²) in [5.74, 6) is -1.06. The molecule has 5 nitrogen and oxygen atoms in total. The molecule has 0 bridgehead atoms. The average molecular weight is 334 g/mol. The Bertz CT molecular complexity index is 895. The van der Waals surface area contributed by atoms with Gasteiger partial charge in [-0.1, -0.05) is 23.2 Å². The molecule has 3 rings (SSSR count). The minimum Gasteiger partial charge on any atom is -0.366 e. The standard InChI is InChI=1S/C15H9Cl2N3O2/c16-10-5-9(14(18)21)6-11(17)13(10)15(22)20-4-2-8-7-19-3-1-12(8)20/h1-7H,(H2,18,21). The Labute approximate surface area is 135 Å². The van der Waals surface area contributed by atoms with Gasteiger partial charge in [-0.25, -0.2) is 0 Å². The molecular weight excluding hydrogens is 325 g/mol. The zero-order valence-corrected chi connectivity index (χ0v) is 12.6. The third kappa shape index (κ3) is 2.34. The zero-order valence-electron chi connectivity index (χ0n) is 11.1. The van der Waals surface area contributed by atoms with Crippen LogP contribution in [0.4, 0.5) is 0 Å². The molecule has 0 radical (unpaired) electrons. The van der Waals surface area contributed by atoms with Crippen LogP contribution in [0.15, 0.2) is 42.9 Å². The summed E-state index contributed by atoms with van der Waals surface area (Å²) >= 11 is 12.2. The van der Waals surface area contributed by atoms with Gasteiger partial charge in [0.25, 0.3) is 5.91 Å². The highest BCUT2D eigenvalue weighted by molar-refractivity contribution is 6.40. The largest absolute Gasteiger partial charge is 0.366 e. The maximum Gasteiger partial charge on any atom is 0.265 e. The van der Waals surface area contributed by atoms with Gasteiger partial charge in [0.1, 0.15) is 0 Å². The van der Waals surface area contributed by atoms with E-state index in [9.17, 15) is 9.59 Å². The van der Waals surface area contributed by atoms with Crippen LogP contribution in [-0.2, 0) is 0 Å². The number of fused-ring (bicyclic) bond motifs is 1. The fourth-order valence-electron chi connectivity index (χ4n) is 2.20. The van der Waals surface area contributed by atoms with Crippen molar-refractivity contribution in [3.05, 3.63) is 64.0 Å². The number of benzene rings is 1. The van der Waals surface area contributed by atoms with Crippen LogP contribution < -0.4 is 5.73 Å². The predicted molar refractivity (Wildman–Crippen MR) is 84.4 cm³/mol. The van der Waals surface area contributed by atoms with Gasteiger partial charge >= 0.3 is 0 Å². The number of nitrogens with two attached hydrogens (primary N) is 1. The van der Waals surface area contributed by atoms with E-state index in [1.54, 1.807) is 30.7 Å². The molecule has 1 aromatic carbocycles. The first-order valence-electron chi connectivity index (χ1n) is 6.23. The quantitative estimate of drug-likeness (QED) is 0.782. The van der Waals surface area contributed by atoms with Crippen molar-refractivity contribution in [2.75, 3.05) is 0 Å². The summed E-state index contributed by atoms with van der Waals surface area (Å²) in [6, 6.07) is 6.14. The monoisotopic (exact) mass is 333 g/mol. The van der Waals surface area contributed by atoms with Gasteiger partial charge in [-0.05, 0) is 24.3 Å². The molecule has 0 unspecified atom stereocenters. The van der Waals surface area contributed by atoms with Crippen molar-refractivity contribution in [2.24, 2.45) is 5.73 Å². The van der Waals surface area contributed by atoms with Crippen LogP contribution >= 0.6 is 23.2 Å². The van der Waals surface area contributed by atoms with Gasteiger partial charge in [-0.2, -0.15) is 0 Å². The van der Waals surface area contributed by atoms with Gasteiger partial charge in [-0.15, -0.1) is 0 Å². The topological polar surface area (TPSA) is 78.0 Å². The molecule has 0 saturated carbocycles. The average Bonchev–Trinajstić information content (AvgIpc) is 2.90. The number of rotatable bonds is 2. The number of aromatic nitrogens is 2. The highest BCUT2D eigenvalue weighted by Crippen LogP contribution is 2.28. The first kappa shape index (κ1) is 14.6. The van der Waals surface area contributed by atoms with Crippen molar-refractivity contribution in [1.29, 1.82) is 0 Å². The molecular formula is C15H9Cl2N3O2. The molecule has 0 saturated heterocycles. The van der Waals surface area contributed by atoms with Crippen LogP contribution in [0, 0.1) is 0 Å². The second-order valence-electron chi connectivity index (χ2n) is 4.60. The minimum atomic E-state index is -0.666. The normalized spacial score (nSPS) is 10.8. The van der Waals surface area contributed by atoms with E-state index in [4.69, 9.17) is 28.9 Å². The van der Waals surface area contributed by atoms with Gasteiger partial charge in [-0.3, -0.25) is 19.1 Å². The lowest BCUT2D eigenvalue weighted by molar-refractivity contribution is 0.0961. The van der Waals surface area contributed by atoms with Crippen LogP contribution in [0.25, 0.3) is 10.9 Å². The predicted octanol–water partition coefficient (Wildman–Crippen LogP) is 3.13. The Morgan fingerprint density at radius 2 is 1.82 bits per heavy atom. The Hall–Kier alpha value is -2.37. The lowest BCUT2D eigenvalue weighted by Crippen LogP contribution is -2.15. The highest BCUT2D eigenvalue weighted by Gasteiger charge is 2.20. The molecule has 0 atom stereocenters. The molecule has 3 aromatic rings. The number of pyridine rings is 1. The minimum absolute atomic E-state index is 0.0715. The van der Waals surface area contributed by atoms with Crippen molar-refractivity contribution >= 4 is 45.9 Å². The van der Waals surface area contributed by atoms with E-state index in [0.29, 0.717) is 5.52 Å². The van der Waals surface area contributed by atoms with Crippen LogP contribution in [-0.4, -0.2) is 21.4 Å². The van der Waals surface area contributed by atoms with Gasteiger partial charge in [0.2, 0.25) is 5.91 Å². The number of hydrogen-bond acceptors (Lipinski definition) is 3. The number of primary amides is 1. The fraction of sp³-hybridized carbons (Fsp3) is 0. The van der Waals surface area contributed by atoms with Crippen molar-refractivity contribution in [2.45, 2.75) is 0 Å². The van der Waals surface area contributed by atoms with E-state index in [2.05, 4.69) is 4.98 Å². The summed E-state index contributed by atoms with van der Waals surface area (Å²) in [4.78, 5) is 27.9. The van der Waals surface area contributed by atoms with E-state index in [1.807, 2.05) is 0 Å². The molecule has 2 aromatic heterocycles. The van der Waals surface area contributed by atoms with Crippen molar-refractivity contribution in [3.63, 3.8) is 0 Å². The molecule has 0 aliphatic rings. The first-order chi connectivity index (χ1) is 10.5. The Balaban J connectivity index is 2.15. The van der Waals surface area contributed by atoms with E-state index in [-0.39, 0.29) is 21.2 Å². The number of carbonyl (C=O) groups is 2. The van der Waals surface area contributed by atoms with Crippen LogP contribution in [0.3, 0.4) is 0 Å². The van der Waals surface area contributed by atoms with Crippen molar-refractivity contribution < 1.29 is 9.59 Å². The first-order valence-corrected chi connectivity index (χ1v) is 6.99. The molecule has 0 fully saturated rings. The Kier molecular flexibility index (Phi) is 3.60. The smallest absolute Gasteiger partial charge is 0.265 e. The molecule has 1 amide bonds. The summed E-state index contributed by atoms with van der Waals surface area (Å²) in [6.07, 6.45) is 4.85. The number of nitrogens with zero attached hydrogens (tertiary/aromatic N) is 2. The number of hydrogen-bond donors (Lipinski definition) is 1. The molecule has 0 aliphatic heterocycles. The molecule has 110 valence electrons. The third-order valence-electron chi connectivity index (χ3n) is 3.25. The van der Waals surface area contributed by atoms with E-state index in [0.717, 1.165) is 5.39 Å². The van der Waals surface area contributed by atoms with E-state index >= 15 is 0 Å². The summed E-state index contributed by atoms with van der Waals surface area (Å²) in [5.41, 5.74) is 6.14. The Morgan fingerprint density at radius 3 is 2.45 bits per heavy atom. The van der Waals surface area contributed by atoms with Gasteiger partial charge in [0, 0.05) is 29.5 Å². The van der Waals surface area contributed by atoms with E-state index in [1.165, 1.54) is 16.7 Å². The van der Waals surface area contributed by atoms with Crippen LogP contribution in [0.2, 0.25) is 10.0 Å². The van der Waals surface area contributed by atoms with Crippen molar-refractivity contribution in [1.82, 2.24) is 9.55 Å². The number of carbonyl (C=O) groups excluding carboxylic acids is 2.